The molecule has 2 aromatic rings. The van der Waals surface area contributed by atoms with Gasteiger partial charge in [-0.1, -0.05) is 23.4 Å². The summed E-state index contributed by atoms with van der Waals surface area (Å²) in [4.78, 5) is 32.1. The molecule has 0 aliphatic carbocycles. The van der Waals surface area contributed by atoms with Crippen molar-refractivity contribution in [3.05, 3.63) is 65.5 Å². The molecule has 0 amide bonds. The van der Waals surface area contributed by atoms with Crippen LogP contribution in [0.15, 0.2) is 59.4 Å². The van der Waals surface area contributed by atoms with Crippen LogP contribution in [0, 0.1) is 0 Å². The zero-order chi connectivity index (χ0) is 20.9. The Labute approximate surface area is 170 Å². The first kappa shape index (κ1) is 21.8. The molecule has 7 heteroatoms. The van der Waals surface area contributed by atoms with Crippen LogP contribution in [0.1, 0.15) is 31.5 Å². The third kappa shape index (κ3) is 7.57. The van der Waals surface area contributed by atoms with Gasteiger partial charge < -0.3 is 19.1 Å². The van der Waals surface area contributed by atoms with Crippen LogP contribution in [-0.4, -0.2) is 42.8 Å². The van der Waals surface area contributed by atoms with Crippen LogP contribution >= 0.6 is 0 Å². The van der Waals surface area contributed by atoms with Crippen LogP contribution in [0.3, 0.4) is 0 Å². The molecular weight excluding hydrogens is 372 g/mol. The Bertz CT molecular complexity index is 845. The van der Waals surface area contributed by atoms with Gasteiger partial charge >= 0.3 is 5.97 Å². The Morgan fingerprint density at radius 3 is 2.59 bits per heavy atom. The van der Waals surface area contributed by atoms with Gasteiger partial charge in [0.05, 0.1) is 12.3 Å². The summed E-state index contributed by atoms with van der Waals surface area (Å²) in [7, 11) is 0. The van der Waals surface area contributed by atoms with Crippen molar-refractivity contribution in [2.75, 3.05) is 19.8 Å². The van der Waals surface area contributed by atoms with Gasteiger partial charge in [-0.25, -0.2) is 4.79 Å². The molecule has 29 heavy (non-hydrogen) atoms. The molecule has 0 saturated heterocycles. The topological polar surface area (TPSA) is 87.1 Å². The van der Waals surface area contributed by atoms with Gasteiger partial charge in [0, 0.05) is 18.2 Å². The minimum absolute atomic E-state index is 0.00681. The number of carbonyl (C=O) groups excluding carboxylic acids is 2. The molecule has 0 N–H and O–H groups in total. The largest absolute Gasteiger partial charge is 0.490 e. The average molecular weight is 396 g/mol. The van der Waals surface area contributed by atoms with Crippen molar-refractivity contribution in [3.63, 3.8) is 0 Å². The van der Waals surface area contributed by atoms with E-state index in [0.717, 1.165) is 11.3 Å². The van der Waals surface area contributed by atoms with Crippen molar-refractivity contribution >= 4 is 24.0 Å². The summed E-state index contributed by atoms with van der Waals surface area (Å²) < 4.78 is 10.6. The summed E-state index contributed by atoms with van der Waals surface area (Å²) in [5, 5.41) is 4.02. The van der Waals surface area contributed by atoms with E-state index in [4.69, 9.17) is 14.3 Å². The lowest BCUT2D eigenvalue weighted by Gasteiger charge is -2.07. The summed E-state index contributed by atoms with van der Waals surface area (Å²) in [6, 6.07) is 12.7. The molecule has 2 rings (SSSR count). The van der Waals surface area contributed by atoms with E-state index < -0.39 is 5.97 Å². The lowest BCUT2D eigenvalue weighted by molar-refractivity contribution is -0.138. The minimum atomic E-state index is -0.487. The van der Waals surface area contributed by atoms with Gasteiger partial charge in [-0.15, -0.1) is 0 Å². The zero-order valence-corrected chi connectivity index (χ0v) is 16.5. The molecule has 0 saturated carbocycles. The number of nitrogens with zero attached hydrogens (tertiary/aromatic N) is 2. The SMILES string of the molecule is CCOC(=O)C(=Cc1ccc(OCCON=C(C)c2ccccn2)cc1)CC=O. The number of aldehydes is 1. The molecule has 7 nitrogen and oxygen atoms in total. The maximum Gasteiger partial charge on any atom is 0.334 e. The maximum atomic E-state index is 11.8. The summed E-state index contributed by atoms with van der Waals surface area (Å²) >= 11 is 0. The second-order valence-electron chi connectivity index (χ2n) is 5.90. The number of oxime groups is 1. The van der Waals surface area contributed by atoms with Crippen molar-refractivity contribution in [2.24, 2.45) is 5.16 Å². The summed E-state index contributed by atoms with van der Waals surface area (Å²) in [6.07, 6.45) is 4.02. The molecule has 0 fully saturated rings. The molecule has 0 spiro atoms. The predicted octanol–water partition coefficient (Wildman–Crippen LogP) is 3.44. The molecule has 0 unspecified atom stereocenters. The van der Waals surface area contributed by atoms with E-state index in [9.17, 15) is 9.59 Å². The van der Waals surface area contributed by atoms with Crippen molar-refractivity contribution in [1.29, 1.82) is 0 Å². The molecule has 1 aromatic carbocycles. The van der Waals surface area contributed by atoms with Crippen LogP contribution in [0.4, 0.5) is 0 Å². The van der Waals surface area contributed by atoms with Crippen LogP contribution in [0.5, 0.6) is 5.75 Å². The van der Waals surface area contributed by atoms with Gasteiger partial charge in [-0.05, 0) is 49.8 Å². The molecule has 1 heterocycles. The first-order valence-electron chi connectivity index (χ1n) is 9.26. The van der Waals surface area contributed by atoms with Crippen LogP contribution < -0.4 is 4.74 Å². The number of ether oxygens (including phenoxy) is 2. The summed E-state index contributed by atoms with van der Waals surface area (Å²) in [5.41, 5.74) is 2.53. The predicted molar refractivity (Wildman–Crippen MR) is 110 cm³/mol. The van der Waals surface area contributed by atoms with Gasteiger partial charge in [0.15, 0.2) is 6.61 Å². The summed E-state index contributed by atoms with van der Waals surface area (Å²) in [5.74, 6) is 0.169. The van der Waals surface area contributed by atoms with E-state index in [1.165, 1.54) is 0 Å². The number of pyridine rings is 1. The fourth-order valence-corrected chi connectivity index (χ4v) is 2.34. The lowest BCUT2D eigenvalue weighted by Crippen LogP contribution is -2.08. The molecule has 152 valence electrons. The Kier molecular flexibility index (Phi) is 9.08. The molecule has 1 aromatic heterocycles. The van der Waals surface area contributed by atoms with E-state index in [1.807, 2.05) is 25.1 Å². The second-order valence-corrected chi connectivity index (χ2v) is 5.90. The third-order valence-electron chi connectivity index (χ3n) is 3.74. The number of esters is 1. The maximum absolute atomic E-state index is 11.8. The van der Waals surface area contributed by atoms with E-state index in [-0.39, 0.29) is 19.6 Å². The highest BCUT2D eigenvalue weighted by atomic mass is 16.6. The molecular formula is C22H24N2O5. The smallest absolute Gasteiger partial charge is 0.334 e. The first-order chi connectivity index (χ1) is 14.1. The second kappa shape index (κ2) is 12.1. The standard InChI is InChI=1S/C22H24N2O5/c1-3-27-22(26)19(11-13-25)16-18-7-9-20(10-8-18)28-14-15-29-24-17(2)21-6-4-5-12-23-21/h4-10,12-13,16H,3,11,14-15H2,1-2H3. The van der Waals surface area contributed by atoms with Crippen molar-refractivity contribution in [2.45, 2.75) is 20.3 Å². The van der Waals surface area contributed by atoms with Crippen molar-refractivity contribution in [3.8, 4) is 5.75 Å². The number of rotatable bonds is 11. The van der Waals surface area contributed by atoms with E-state index >= 15 is 0 Å². The molecule has 0 aliphatic heterocycles. The minimum Gasteiger partial charge on any atom is -0.490 e. The van der Waals surface area contributed by atoms with Crippen LogP contribution in [0.25, 0.3) is 6.08 Å². The molecule has 0 atom stereocenters. The number of aromatic nitrogens is 1. The highest BCUT2D eigenvalue weighted by Crippen LogP contribution is 2.16. The highest BCUT2D eigenvalue weighted by Gasteiger charge is 2.10. The normalized spacial score (nSPS) is 11.7. The number of benzene rings is 1. The zero-order valence-electron chi connectivity index (χ0n) is 16.5. The Hall–Kier alpha value is -3.48. The molecule has 0 bridgehead atoms. The van der Waals surface area contributed by atoms with Gasteiger partial charge in [0.1, 0.15) is 24.4 Å². The lowest BCUT2D eigenvalue weighted by atomic mass is 10.1. The highest BCUT2D eigenvalue weighted by molar-refractivity contribution is 5.96. The van der Waals surface area contributed by atoms with Gasteiger partial charge in [0.25, 0.3) is 0 Å². The van der Waals surface area contributed by atoms with Crippen LogP contribution in [-0.2, 0) is 19.2 Å². The number of carbonyl (C=O) groups is 2. The fraction of sp³-hybridized carbons (Fsp3) is 0.273. The molecule has 0 radical (unpaired) electrons. The number of hydrogen-bond acceptors (Lipinski definition) is 7. The first-order valence-corrected chi connectivity index (χ1v) is 9.26. The average Bonchev–Trinajstić information content (AvgIpc) is 2.75. The third-order valence-corrected chi connectivity index (χ3v) is 3.74. The van der Waals surface area contributed by atoms with E-state index in [0.29, 0.717) is 29.9 Å². The van der Waals surface area contributed by atoms with E-state index in [2.05, 4.69) is 10.1 Å². The van der Waals surface area contributed by atoms with Gasteiger partial charge in [-0.3, -0.25) is 4.98 Å². The summed E-state index contributed by atoms with van der Waals surface area (Å²) in [6.45, 7) is 4.42. The number of hydrogen-bond donors (Lipinski definition) is 0. The Balaban J connectivity index is 1.83. The Morgan fingerprint density at radius 2 is 1.93 bits per heavy atom. The van der Waals surface area contributed by atoms with Gasteiger partial charge in [-0.2, -0.15) is 0 Å². The van der Waals surface area contributed by atoms with Gasteiger partial charge in [0.2, 0.25) is 0 Å². The molecule has 0 aliphatic rings. The van der Waals surface area contributed by atoms with Crippen molar-refractivity contribution in [1.82, 2.24) is 4.98 Å². The van der Waals surface area contributed by atoms with Crippen LogP contribution in [0.2, 0.25) is 0 Å². The fourth-order valence-electron chi connectivity index (χ4n) is 2.34. The Morgan fingerprint density at radius 1 is 1.14 bits per heavy atom. The quantitative estimate of drug-likeness (QED) is 0.144. The van der Waals surface area contributed by atoms with Crippen molar-refractivity contribution < 1.29 is 23.9 Å². The van der Waals surface area contributed by atoms with E-state index in [1.54, 1.807) is 43.5 Å². The monoisotopic (exact) mass is 396 g/mol.